The van der Waals surface area contributed by atoms with Crippen molar-refractivity contribution in [3.05, 3.63) is 23.3 Å². The Morgan fingerprint density at radius 3 is 2.73 bits per heavy atom. The third kappa shape index (κ3) is 4.21. The van der Waals surface area contributed by atoms with Gasteiger partial charge in [0.1, 0.15) is 0 Å². The molecule has 1 heteroatoms. The normalized spacial score (nSPS) is 22.3. The molecule has 0 aromatic rings. The Kier molecular flexibility index (Phi) is 5.10. The van der Waals surface area contributed by atoms with Crippen LogP contribution >= 0.6 is 0 Å². The largest absolute Gasteiger partial charge is 0.380 e. The molecule has 0 fully saturated rings. The van der Waals surface area contributed by atoms with Crippen LogP contribution in [0.3, 0.4) is 0 Å². The molecule has 0 bridgehead atoms. The van der Waals surface area contributed by atoms with Gasteiger partial charge in [0, 0.05) is 7.11 Å². The number of hydrogen-bond donors (Lipinski definition) is 0. The summed E-state index contributed by atoms with van der Waals surface area (Å²) in [6.07, 6.45) is 8.18. The summed E-state index contributed by atoms with van der Waals surface area (Å²) in [4.78, 5) is 0. The van der Waals surface area contributed by atoms with Gasteiger partial charge in [-0.1, -0.05) is 38.5 Å². The molecule has 0 aliphatic heterocycles. The lowest BCUT2D eigenvalue weighted by molar-refractivity contribution is 0.220. The smallest absolute Gasteiger partial charge is 0.0675 e. The molecule has 1 aliphatic rings. The van der Waals surface area contributed by atoms with Gasteiger partial charge in [-0.3, -0.25) is 0 Å². The highest BCUT2D eigenvalue weighted by Gasteiger charge is 2.13. The molecule has 0 heterocycles. The van der Waals surface area contributed by atoms with Gasteiger partial charge in [-0.15, -0.1) is 0 Å². The van der Waals surface area contributed by atoms with Gasteiger partial charge in [0.2, 0.25) is 0 Å². The van der Waals surface area contributed by atoms with Crippen LogP contribution in [0, 0.1) is 11.8 Å². The summed E-state index contributed by atoms with van der Waals surface area (Å²) in [5, 5.41) is 0. The lowest BCUT2D eigenvalue weighted by atomic mass is 9.93. The Hall–Kier alpha value is -0.560. The lowest BCUT2D eigenvalue weighted by Gasteiger charge is -2.15. The standard InChI is InChI=1S/C14H24O/c1-11(2)8-13-7-5-6-12(3)9-14(13)10-15-4/h5-6,11-12H,7-10H2,1-4H3. The zero-order valence-corrected chi connectivity index (χ0v) is 10.5. The van der Waals surface area contributed by atoms with Gasteiger partial charge >= 0.3 is 0 Å². The molecule has 86 valence electrons. The first-order valence-corrected chi connectivity index (χ1v) is 5.98. The van der Waals surface area contributed by atoms with Crippen molar-refractivity contribution in [1.29, 1.82) is 0 Å². The highest BCUT2D eigenvalue weighted by Crippen LogP contribution is 2.27. The van der Waals surface area contributed by atoms with Gasteiger partial charge in [0.05, 0.1) is 6.61 Å². The molecule has 0 saturated carbocycles. The van der Waals surface area contributed by atoms with Crippen molar-refractivity contribution in [3.63, 3.8) is 0 Å². The fourth-order valence-electron chi connectivity index (χ4n) is 2.24. The van der Waals surface area contributed by atoms with Crippen LogP contribution in [0.25, 0.3) is 0 Å². The molecule has 0 radical (unpaired) electrons. The van der Waals surface area contributed by atoms with E-state index in [4.69, 9.17) is 4.74 Å². The number of rotatable bonds is 4. The first-order chi connectivity index (χ1) is 7.13. The van der Waals surface area contributed by atoms with Crippen LogP contribution in [0.4, 0.5) is 0 Å². The van der Waals surface area contributed by atoms with Gasteiger partial charge in [-0.05, 0) is 36.7 Å². The van der Waals surface area contributed by atoms with E-state index in [9.17, 15) is 0 Å². The van der Waals surface area contributed by atoms with E-state index >= 15 is 0 Å². The Morgan fingerprint density at radius 2 is 2.13 bits per heavy atom. The molecule has 0 N–H and O–H groups in total. The van der Waals surface area contributed by atoms with E-state index in [1.54, 1.807) is 12.7 Å². The average Bonchev–Trinajstić information content (AvgIpc) is 2.29. The maximum Gasteiger partial charge on any atom is 0.0675 e. The van der Waals surface area contributed by atoms with E-state index < -0.39 is 0 Å². The zero-order chi connectivity index (χ0) is 11.3. The summed E-state index contributed by atoms with van der Waals surface area (Å²) in [7, 11) is 1.79. The molecule has 0 amide bonds. The minimum Gasteiger partial charge on any atom is -0.380 e. The molecule has 0 saturated heterocycles. The molecule has 0 aromatic carbocycles. The second-order valence-electron chi connectivity index (χ2n) is 5.05. The van der Waals surface area contributed by atoms with Crippen molar-refractivity contribution < 1.29 is 4.74 Å². The van der Waals surface area contributed by atoms with Crippen molar-refractivity contribution in [1.82, 2.24) is 0 Å². The van der Waals surface area contributed by atoms with Gasteiger partial charge < -0.3 is 4.74 Å². The summed E-state index contributed by atoms with van der Waals surface area (Å²) in [5.74, 6) is 1.41. The number of methoxy groups -OCH3 is 1. The van der Waals surface area contributed by atoms with E-state index in [0.29, 0.717) is 5.92 Å². The Morgan fingerprint density at radius 1 is 1.40 bits per heavy atom. The summed E-state index contributed by atoms with van der Waals surface area (Å²) in [6.45, 7) is 7.67. The Labute approximate surface area is 94.2 Å². The molecule has 0 spiro atoms. The number of hydrogen-bond acceptors (Lipinski definition) is 1. The van der Waals surface area contributed by atoms with Gasteiger partial charge in [-0.2, -0.15) is 0 Å². The summed E-state index contributed by atoms with van der Waals surface area (Å²) in [5.41, 5.74) is 3.14. The van der Waals surface area contributed by atoms with Crippen molar-refractivity contribution >= 4 is 0 Å². The van der Waals surface area contributed by atoms with Crippen molar-refractivity contribution in [2.75, 3.05) is 13.7 Å². The van der Waals surface area contributed by atoms with Crippen LogP contribution in [0.5, 0.6) is 0 Å². The predicted octanol–water partition coefficient (Wildman–Crippen LogP) is 3.96. The van der Waals surface area contributed by atoms with Gasteiger partial charge in [0.25, 0.3) is 0 Å². The second-order valence-corrected chi connectivity index (χ2v) is 5.05. The van der Waals surface area contributed by atoms with Crippen LogP contribution in [-0.4, -0.2) is 13.7 Å². The minimum atomic E-state index is 0.666. The monoisotopic (exact) mass is 208 g/mol. The second kappa shape index (κ2) is 6.12. The number of ether oxygens (including phenoxy) is 1. The Bertz CT molecular complexity index is 248. The zero-order valence-electron chi connectivity index (χ0n) is 10.5. The predicted molar refractivity (Wildman–Crippen MR) is 65.9 cm³/mol. The highest BCUT2D eigenvalue weighted by atomic mass is 16.5. The first kappa shape index (κ1) is 12.5. The summed E-state index contributed by atoms with van der Waals surface area (Å²) >= 11 is 0. The SMILES string of the molecule is COCC1=C(CC(C)C)CC=CC(C)C1. The van der Waals surface area contributed by atoms with E-state index in [-0.39, 0.29) is 0 Å². The summed E-state index contributed by atoms with van der Waals surface area (Å²) < 4.78 is 5.31. The molecule has 1 rings (SSSR count). The third-order valence-electron chi connectivity index (χ3n) is 2.87. The molecular formula is C14H24O. The van der Waals surface area contributed by atoms with Crippen LogP contribution in [-0.2, 0) is 4.74 Å². The molecule has 1 atom stereocenters. The van der Waals surface area contributed by atoms with E-state index in [0.717, 1.165) is 18.9 Å². The lowest BCUT2D eigenvalue weighted by Crippen LogP contribution is -2.04. The van der Waals surface area contributed by atoms with E-state index in [1.807, 2.05) is 0 Å². The van der Waals surface area contributed by atoms with Crippen LogP contribution in [0.1, 0.15) is 40.0 Å². The maximum atomic E-state index is 5.31. The Balaban J connectivity index is 2.78. The maximum absolute atomic E-state index is 5.31. The molecule has 15 heavy (non-hydrogen) atoms. The van der Waals surface area contributed by atoms with Crippen molar-refractivity contribution in [3.8, 4) is 0 Å². The molecule has 1 aliphatic carbocycles. The topological polar surface area (TPSA) is 9.23 Å². The molecule has 1 nitrogen and oxygen atoms in total. The average molecular weight is 208 g/mol. The summed E-state index contributed by atoms with van der Waals surface area (Å²) in [6, 6.07) is 0. The van der Waals surface area contributed by atoms with Crippen molar-refractivity contribution in [2.45, 2.75) is 40.0 Å². The molecular weight excluding hydrogens is 184 g/mol. The fraction of sp³-hybridized carbons (Fsp3) is 0.714. The first-order valence-electron chi connectivity index (χ1n) is 5.98. The van der Waals surface area contributed by atoms with Gasteiger partial charge in [0.15, 0.2) is 0 Å². The van der Waals surface area contributed by atoms with Crippen LogP contribution in [0.15, 0.2) is 23.3 Å². The van der Waals surface area contributed by atoms with E-state index in [2.05, 4.69) is 32.9 Å². The van der Waals surface area contributed by atoms with E-state index in [1.165, 1.54) is 18.4 Å². The van der Waals surface area contributed by atoms with Crippen molar-refractivity contribution in [2.24, 2.45) is 11.8 Å². The van der Waals surface area contributed by atoms with Crippen LogP contribution in [0.2, 0.25) is 0 Å². The molecule has 1 unspecified atom stereocenters. The third-order valence-corrected chi connectivity index (χ3v) is 2.87. The molecule has 0 aromatic heterocycles. The highest BCUT2D eigenvalue weighted by molar-refractivity contribution is 5.22. The number of allylic oxidation sites excluding steroid dienone is 3. The van der Waals surface area contributed by atoms with Gasteiger partial charge in [-0.25, -0.2) is 0 Å². The van der Waals surface area contributed by atoms with Crippen LogP contribution < -0.4 is 0 Å². The fourth-order valence-corrected chi connectivity index (χ4v) is 2.24. The quantitative estimate of drug-likeness (QED) is 0.635. The minimum absolute atomic E-state index is 0.666.